The molecule has 13 heavy (non-hydrogen) atoms. The number of ether oxygens (including phenoxy) is 1. The highest BCUT2D eigenvalue weighted by Crippen LogP contribution is 2.46. The molecule has 0 bridgehead atoms. The van der Waals surface area contributed by atoms with E-state index in [1.165, 1.54) is 6.42 Å². The predicted octanol–water partition coefficient (Wildman–Crippen LogP) is 1.66. The molecule has 1 heterocycles. The van der Waals surface area contributed by atoms with Crippen LogP contribution in [0.5, 0.6) is 0 Å². The largest absolute Gasteiger partial charge is 0.393 e. The van der Waals surface area contributed by atoms with Gasteiger partial charge in [0.25, 0.3) is 0 Å². The molecule has 1 aliphatic carbocycles. The molecule has 1 aliphatic heterocycles. The van der Waals surface area contributed by atoms with Crippen LogP contribution in [0.25, 0.3) is 0 Å². The number of hydrogen-bond donors (Lipinski definition) is 0. The minimum atomic E-state index is -0.436. The molecule has 72 valence electrons. The third-order valence-corrected chi connectivity index (χ3v) is 3.21. The van der Waals surface area contributed by atoms with E-state index in [-0.39, 0.29) is 11.9 Å². The molecule has 2 rings (SSSR count). The molecule has 2 unspecified atom stereocenters. The molecule has 0 radical (unpaired) electrons. The summed E-state index contributed by atoms with van der Waals surface area (Å²) in [6, 6.07) is 0. The van der Waals surface area contributed by atoms with Crippen molar-refractivity contribution in [3.8, 4) is 0 Å². The maximum Gasteiger partial charge on any atom is 0.320 e. The molecule has 2 fully saturated rings. The summed E-state index contributed by atoms with van der Waals surface area (Å²) in [5, 5.41) is 0. The van der Waals surface area contributed by atoms with Gasteiger partial charge in [0.1, 0.15) is 0 Å². The number of esters is 2. The van der Waals surface area contributed by atoms with E-state index in [2.05, 4.69) is 11.7 Å². The van der Waals surface area contributed by atoms with E-state index in [0.29, 0.717) is 12.3 Å². The van der Waals surface area contributed by atoms with Crippen molar-refractivity contribution >= 4 is 11.9 Å². The van der Waals surface area contributed by atoms with Crippen LogP contribution < -0.4 is 0 Å². The zero-order valence-corrected chi connectivity index (χ0v) is 7.84. The Balaban J connectivity index is 2.19. The number of hydrogen-bond acceptors (Lipinski definition) is 3. The Morgan fingerprint density at radius 2 is 2.23 bits per heavy atom. The first-order valence-corrected chi connectivity index (χ1v) is 4.87. The summed E-state index contributed by atoms with van der Waals surface area (Å²) in [4.78, 5) is 22.5. The molecule has 0 N–H and O–H groups in total. The van der Waals surface area contributed by atoms with Crippen LogP contribution in [0.15, 0.2) is 0 Å². The molecule has 0 aromatic heterocycles. The number of cyclic esters (lactones) is 2. The molecule has 2 atom stereocenters. The van der Waals surface area contributed by atoms with Crippen molar-refractivity contribution in [2.45, 2.75) is 39.0 Å². The number of carbonyl (C=O) groups is 2. The number of carbonyl (C=O) groups excluding carboxylic acids is 2. The third kappa shape index (κ3) is 1.36. The molecular formula is C10H14O3. The Bertz CT molecular complexity index is 259. The zero-order chi connectivity index (χ0) is 9.47. The Hall–Kier alpha value is -0.860. The highest BCUT2D eigenvalue weighted by molar-refractivity contribution is 5.97. The lowest BCUT2D eigenvalue weighted by atomic mass is 9.69. The SMILES string of the molecule is CC1CCCC2(CC(=O)OC2=O)C1. The quantitative estimate of drug-likeness (QED) is 0.422. The smallest absolute Gasteiger partial charge is 0.320 e. The summed E-state index contributed by atoms with van der Waals surface area (Å²) in [5.74, 6) is -0.0599. The van der Waals surface area contributed by atoms with Gasteiger partial charge in [-0.1, -0.05) is 19.8 Å². The Morgan fingerprint density at radius 3 is 2.77 bits per heavy atom. The van der Waals surface area contributed by atoms with Crippen LogP contribution in [0, 0.1) is 11.3 Å². The summed E-state index contributed by atoms with van der Waals surface area (Å²) in [6.45, 7) is 2.14. The van der Waals surface area contributed by atoms with Crippen LogP contribution in [0.2, 0.25) is 0 Å². The van der Waals surface area contributed by atoms with Gasteiger partial charge in [0, 0.05) is 0 Å². The molecule has 3 nitrogen and oxygen atoms in total. The van der Waals surface area contributed by atoms with E-state index in [9.17, 15) is 9.59 Å². The van der Waals surface area contributed by atoms with Crippen molar-refractivity contribution in [3.05, 3.63) is 0 Å². The highest BCUT2D eigenvalue weighted by Gasteiger charge is 2.50. The second-order valence-electron chi connectivity index (χ2n) is 4.42. The first kappa shape index (κ1) is 8.73. The zero-order valence-electron chi connectivity index (χ0n) is 7.84. The minimum absolute atomic E-state index is 0.274. The van der Waals surface area contributed by atoms with Gasteiger partial charge in [-0.3, -0.25) is 9.59 Å². The molecule has 1 spiro atoms. The van der Waals surface area contributed by atoms with Gasteiger partial charge in [-0.15, -0.1) is 0 Å². The van der Waals surface area contributed by atoms with E-state index in [0.717, 1.165) is 19.3 Å². The predicted molar refractivity (Wildman–Crippen MR) is 45.8 cm³/mol. The van der Waals surface area contributed by atoms with Crippen molar-refractivity contribution in [2.75, 3.05) is 0 Å². The summed E-state index contributed by atoms with van der Waals surface area (Å²) in [5.41, 5.74) is -0.436. The van der Waals surface area contributed by atoms with Gasteiger partial charge < -0.3 is 4.74 Å². The standard InChI is InChI=1S/C10H14O3/c1-7-3-2-4-10(5-7)6-8(11)13-9(10)12/h7H,2-6H2,1H3. The van der Waals surface area contributed by atoms with E-state index in [1.54, 1.807) is 0 Å². The highest BCUT2D eigenvalue weighted by atomic mass is 16.6. The molecule has 0 amide bonds. The van der Waals surface area contributed by atoms with Crippen molar-refractivity contribution < 1.29 is 14.3 Å². The maximum absolute atomic E-state index is 11.5. The van der Waals surface area contributed by atoms with E-state index >= 15 is 0 Å². The van der Waals surface area contributed by atoms with Gasteiger partial charge in [0.05, 0.1) is 11.8 Å². The van der Waals surface area contributed by atoms with Crippen molar-refractivity contribution in [1.29, 1.82) is 0 Å². The normalized spacial score (nSPS) is 39.6. The van der Waals surface area contributed by atoms with Crippen LogP contribution in [0.4, 0.5) is 0 Å². The van der Waals surface area contributed by atoms with Gasteiger partial charge in [-0.2, -0.15) is 0 Å². The van der Waals surface area contributed by atoms with Gasteiger partial charge in [-0.25, -0.2) is 0 Å². The first-order valence-electron chi connectivity index (χ1n) is 4.87. The van der Waals surface area contributed by atoms with Crippen LogP contribution in [0.1, 0.15) is 39.0 Å². The topological polar surface area (TPSA) is 43.4 Å². The second kappa shape index (κ2) is 2.82. The Morgan fingerprint density at radius 1 is 1.46 bits per heavy atom. The summed E-state index contributed by atoms with van der Waals surface area (Å²) in [7, 11) is 0. The molecule has 3 heteroatoms. The number of rotatable bonds is 0. The Kier molecular flexibility index (Phi) is 1.90. The first-order chi connectivity index (χ1) is 6.12. The molecule has 0 aromatic carbocycles. The lowest BCUT2D eigenvalue weighted by molar-refractivity contribution is -0.156. The monoisotopic (exact) mass is 182 g/mol. The van der Waals surface area contributed by atoms with Crippen molar-refractivity contribution in [1.82, 2.24) is 0 Å². The van der Waals surface area contributed by atoms with E-state index in [1.807, 2.05) is 0 Å². The average Bonchev–Trinajstić information content (AvgIpc) is 2.26. The van der Waals surface area contributed by atoms with Gasteiger partial charge >= 0.3 is 11.9 Å². The summed E-state index contributed by atoms with van der Waals surface area (Å²) >= 11 is 0. The lowest BCUT2D eigenvalue weighted by Gasteiger charge is -2.32. The van der Waals surface area contributed by atoms with Gasteiger partial charge in [0.15, 0.2) is 0 Å². The van der Waals surface area contributed by atoms with Crippen LogP contribution in [-0.2, 0) is 14.3 Å². The fraction of sp³-hybridized carbons (Fsp3) is 0.800. The summed E-state index contributed by atoms with van der Waals surface area (Å²) in [6.07, 6.45) is 4.20. The van der Waals surface area contributed by atoms with Crippen molar-refractivity contribution in [2.24, 2.45) is 11.3 Å². The second-order valence-corrected chi connectivity index (χ2v) is 4.42. The fourth-order valence-electron chi connectivity index (χ4n) is 2.60. The van der Waals surface area contributed by atoms with Crippen LogP contribution >= 0.6 is 0 Å². The molecule has 1 saturated heterocycles. The molecule has 0 aromatic rings. The molecular weight excluding hydrogens is 168 g/mol. The average molecular weight is 182 g/mol. The van der Waals surface area contributed by atoms with Crippen LogP contribution in [-0.4, -0.2) is 11.9 Å². The third-order valence-electron chi connectivity index (χ3n) is 3.21. The maximum atomic E-state index is 11.5. The minimum Gasteiger partial charge on any atom is -0.393 e. The molecule has 2 aliphatic rings. The van der Waals surface area contributed by atoms with Gasteiger partial charge in [-0.05, 0) is 18.8 Å². The van der Waals surface area contributed by atoms with E-state index in [4.69, 9.17) is 0 Å². The lowest BCUT2D eigenvalue weighted by Crippen LogP contribution is -2.32. The fourth-order valence-corrected chi connectivity index (χ4v) is 2.60. The van der Waals surface area contributed by atoms with Crippen LogP contribution in [0.3, 0.4) is 0 Å². The van der Waals surface area contributed by atoms with E-state index < -0.39 is 5.41 Å². The van der Waals surface area contributed by atoms with Gasteiger partial charge in [0.2, 0.25) is 0 Å². The Labute approximate surface area is 77.4 Å². The molecule has 1 saturated carbocycles. The summed E-state index contributed by atoms with van der Waals surface area (Å²) < 4.78 is 4.62. The van der Waals surface area contributed by atoms with Crippen molar-refractivity contribution in [3.63, 3.8) is 0 Å².